The highest BCUT2D eigenvalue weighted by Crippen LogP contribution is 2.08. The smallest absolute Gasteiger partial charge is 0.355 e. The van der Waals surface area contributed by atoms with E-state index in [0.29, 0.717) is 5.01 Å². The van der Waals surface area contributed by atoms with E-state index in [1.165, 1.54) is 5.38 Å². The molecule has 0 fully saturated rings. The molecule has 0 aliphatic heterocycles. The number of aromatic nitrogens is 1. The topological polar surface area (TPSA) is 118 Å². The normalized spacial score (nSPS) is 9.74. The van der Waals surface area contributed by atoms with E-state index >= 15 is 0 Å². The number of carboxylic acid groups (broad SMARTS) is 1. The number of hydrogen-bond donors (Lipinski definition) is 3. The molecule has 8 nitrogen and oxygen atoms in total. The van der Waals surface area contributed by atoms with Crippen molar-refractivity contribution >= 4 is 29.3 Å². The fraction of sp³-hybridized carbons (Fsp3) is 0.400. The molecule has 19 heavy (non-hydrogen) atoms. The number of aromatic carboxylic acids is 1. The van der Waals surface area contributed by atoms with Crippen LogP contribution in [0, 0.1) is 0 Å². The summed E-state index contributed by atoms with van der Waals surface area (Å²) >= 11 is 1.13. The van der Waals surface area contributed by atoms with E-state index in [4.69, 9.17) is 5.11 Å². The molecule has 9 heteroatoms. The number of amides is 2. The molecule has 2 amide bonds. The predicted octanol–water partition coefficient (Wildman–Crippen LogP) is 0.204. The van der Waals surface area contributed by atoms with E-state index in [1.54, 1.807) is 6.92 Å². The van der Waals surface area contributed by atoms with Gasteiger partial charge in [0, 0.05) is 5.38 Å². The number of carbonyl (C=O) groups is 3. The number of esters is 1. The average Bonchev–Trinajstić information content (AvgIpc) is 2.83. The molecule has 104 valence electrons. The quantitative estimate of drug-likeness (QED) is 0.643. The summed E-state index contributed by atoms with van der Waals surface area (Å²) < 4.78 is 4.63. The van der Waals surface area contributed by atoms with E-state index in [1.807, 2.05) is 0 Å². The Balaban J connectivity index is 2.29. The molecule has 0 bridgehead atoms. The first-order valence-electron chi connectivity index (χ1n) is 5.38. The molecule has 0 saturated carbocycles. The molecule has 0 saturated heterocycles. The Morgan fingerprint density at radius 3 is 2.74 bits per heavy atom. The Kier molecular flexibility index (Phi) is 5.73. The lowest BCUT2D eigenvalue weighted by Crippen LogP contribution is -2.38. The second-order valence-electron chi connectivity index (χ2n) is 3.27. The fourth-order valence-corrected chi connectivity index (χ4v) is 1.78. The summed E-state index contributed by atoms with van der Waals surface area (Å²) in [6, 6.07) is -0.555. The monoisotopic (exact) mass is 287 g/mol. The summed E-state index contributed by atoms with van der Waals surface area (Å²) in [4.78, 5) is 36.6. The Hall–Kier alpha value is -2.16. The standard InChI is InChI=1S/C10H13N3O5S/c1-2-18-8(14)4-12-10(17)11-3-7-13-6(5-19-7)9(15)16/h5H,2-4H2,1H3,(H,15,16)(H2,11,12,17). The molecule has 0 aromatic carbocycles. The first-order valence-corrected chi connectivity index (χ1v) is 6.26. The predicted molar refractivity (Wildman–Crippen MR) is 65.9 cm³/mol. The molecule has 1 aromatic rings. The van der Waals surface area contributed by atoms with Gasteiger partial charge in [0.25, 0.3) is 0 Å². The average molecular weight is 287 g/mol. The Morgan fingerprint density at radius 1 is 1.42 bits per heavy atom. The van der Waals surface area contributed by atoms with Crippen molar-refractivity contribution in [1.29, 1.82) is 0 Å². The number of hydrogen-bond acceptors (Lipinski definition) is 6. The third-order valence-corrected chi connectivity index (χ3v) is 2.72. The molecular formula is C10H13N3O5S. The summed E-state index contributed by atoms with van der Waals surface area (Å²) in [7, 11) is 0. The van der Waals surface area contributed by atoms with Crippen molar-refractivity contribution in [3.63, 3.8) is 0 Å². The third-order valence-electron chi connectivity index (χ3n) is 1.87. The first kappa shape index (κ1) is 14.9. The third kappa shape index (κ3) is 5.34. The second-order valence-corrected chi connectivity index (χ2v) is 4.22. The van der Waals surface area contributed by atoms with Crippen molar-refractivity contribution < 1.29 is 24.2 Å². The molecule has 1 heterocycles. The second kappa shape index (κ2) is 7.31. The van der Waals surface area contributed by atoms with Gasteiger partial charge in [-0.25, -0.2) is 14.6 Å². The van der Waals surface area contributed by atoms with Crippen molar-refractivity contribution in [3.05, 3.63) is 16.1 Å². The Bertz CT molecular complexity index is 473. The number of carboxylic acids is 1. The van der Waals surface area contributed by atoms with Crippen LogP contribution in [0.25, 0.3) is 0 Å². The molecule has 0 aliphatic rings. The maximum atomic E-state index is 11.3. The van der Waals surface area contributed by atoms with Crippen LogP contribution in [0.15, 0.2) is 5.38 Å². The minimum absolute atomic E-state index is 0.0614. The van der Waals surface area contributed by atoms with Gasteiger partial charge in [0.05, 0.1) is 13.2 Å². The molecule has 1 aromatic heterocycles. The molecule has 3 N–H and O–H groups in total. The zero-order valence-corrected chi connectivity index (χ0v) is 11.0. The summed E-state index contributed by atoms with van der Waals surface area (Å²) in [5.74, 6) is -1.64. The summed E-state index contributed by atoms with van der Waals surface area (Å²) in [5.41, 5.74) is -0.0614. The van der Waals surface area contributed by atoms with Gasteiger partial charge in [-0.05, 0) is 6.92 Å². The van der Waals surface area contributed by atoms with E-state index in [0.717, 1.165) is 11.3 Å². The van der Waals surface area contributed by atoms with Gasteiger partial charge in [0.15, 0.2) is 5.69 Å². The van der Waals surface area contributed by atoms with Crippen LogP contribution < -0.4 is 10.6 Å². The summed E-state index contributed by atoms with van der Waals surface area (Å²) in [6.07, 6.45) is 0. The van der Waals surface area contributed by atoms with E-state index in [2.05, 4.69) is 20.4 Å². The Morgan fingerprint density at radius 2 is 2.16 bits per heavy atom. The van der Waals surface area contributed by atoms with Crippen LogP contribution in [0.2, 0.25) is 0 Å². The largest absolute Gasteiger partial charge is 0.476 e. The van der Waals surface area contributed by atoms with Crippen LogP contribution >= 0.6 is 11.3 Å². The molecule has 0 radical (unpaired) electrons. The van der Waals surface area contributed by atoms with Crippen LogP contribution in [0.5, 0.6) is 0 Å². The van der Waals surface area contributed by atoms with E-state index in [9.17, 15) is 14.4 Å². The number of urea groups is 1. The van der Waals surface area contributed by atoms with Gasteiger partial charge in [-0.15, -0.1) is 11.3 Å². The van der Waals surface area contributed by atoms with Gasteiger partial charge in [-0.1, -0.05) is 0 Å². The van der Waals surface area contributed by atoms with Gasteiger partial charge in [-0.3, -0.25) is 4.79 Å². The van der Waals surface area contributed by atoms with Crippen molar-refractivity contribution in [2.75, 3.05) is 13.2 Å². The van der Waals surface area contributed by atoms with Crippen LogP contribution in [0.1, 0.15) is 22.4 Å². The molecule has 1 rings (SSSR count). The zero-order chi connectivity index (χ0) is 14.3. The number of carbonyl (C=O) groups excluding carboxylic acids is 2. The Labute approximate surface area is 112 Å². The zero-order valence-electron chi connectivity index (χ0n) is 10.1. The van der Waals surface area contributed by atoms with E-state index in [-0.39, 0.29) is 25.4 Å². The highest BCUT2D eigenvalue weighted by atomic mass is 32.1. The van der Waals surface area contributed by atoms with Gasteiger partial charge >= 0.3 is 18.0 Å². The molecule has 0 aliphatic carbocycles. The van der Waals surface area contributed by atoms with Crippen LogP contribution in [0.3, 0.4) is 0 Å². The van der Waals surface area contributed by atoms with Crippen molar-refractivity contribution in [3.8, 4) is 0 Å². The molecular weight excluding hydrogens is 274 g/mol. The first-order chi connectivity index (χ1) is 9.02. The van der Waals surface area contributed by atoms with Crippen LogP contribution in [-0.2, 0) is 16.1 Å². The minimum Gasteiger partial charge on any atom is -0.476 e. The van der Waals surface area contributed by atoms with Crippen molar-refractivity contribution in [2.24, 2.45) is 0 Å². The van der Waals surface area contributed by atoms with E-state index < -0.39 is 18.0 Å². The molecule has 0 atom stereocenters. The summed E-state index contributed by atoms with van der Waals surface area (Å²) in [6.45, 7) is 1.78. The maximum absolute atomic E-state index is 11.3. The number of nitrogens with one attached hydrogen (secondary N) is 2. The lowest BCUT2D eigenvalue weighted by molar-refractivity contribution is -0.141. The fourth-order valence-electron chi connectivity index (χ4n) is 1.07. The van der Waals surface area contributed by atoms with Gasteiger partial charge in [0.1, 0.15) is 11.6 Å². The SMILES string of the molecule is CCOC(=O)CNC(=O)NCc1nc(C(=O)O)cs1. The number of ether oxygens (including phenoxy) is 1. The number of rotatable bonds is 6. The van der Waals surface area contributed by atoms with Crippen molar-refractivity contribution in [2.45, 2.75) is 13.5 Å². The summed E-state index contributed by atoms with van der Waals surface area (Å²) in [5, 5.41) is 15.3. The van der Waals surface area contributed by atoms with Gasteiger partial charge in [0.2, 0.25) is 0 Å². The lowest BCUT2D eigenvalue weighted by atomic mass is 10.5. The van der Waals surface area contributed by atoms with Crippen LogP contribution in [-0.4, -0.2) is 41.2 Å². The molecule has 0 spiro atoms. The highest BCUT2D eigenvalue weighted by molar-refractivity contribution is 7.09. The van der Waals surface area contributed by atoms with Gasteiger partial charge in [-0.2, -0.15) is 0 Å². The highest BCUT2D eigenvalue weighted by Gasteiger charge is 2.10. The van der Waals surface area contributed by atoms with Crippen LogP contribution in [0.4, 0.5) is 4.79 Å². The van der Waals surface area contributed by atoms with Crippen molar-refractivity contribution in [1.82, 2.24) is 15.6 Å². The van der Waals surface area contributed by atoms with Gasteiger partial charge < -0.3 is 20.5 Å². The number of thiazole rings is 1. The number of nitrogens with zero attached hydrogens (tertiary/aromatic N) is 1. The molecule has 0 unspecified atom stereocenters. The minimum atomic E-state index is -1.12. The lowest BCUT2D eigenvalue weighted by Gasteiger charge is -2.05. The maximum Gasteiger partial charge on any atom is 0.355 e.